The second-order valence-corrected chi connectivity index (χ2v) is 4.71. The van der Waals surface area contributed by atoms with Crippen molar-refractivity contribution >= 4 is 23.6 Å². The van der Waals surface area contributed by atoms with Crippen molar-refractivity contribution in [2.45, 2.75) is 19.4 Å². The maximum atomic E-state index is 11.9. The molecule has 20 heavy (non-hydrogen) atoms. The lowest BCUT2D eigenvalue weighted by atomic mass is 10.2. The molecule has 1 atom stereocenters. The first-order valence-corrected chi connectivity index (χ1v) is 6.81. The number of aromatic amines is 1. The molecule has 1 aromatic carbocycles. The molecule has 1 amide bonds. The van der Waals surface area contributed by atoms with Crippen LogP contribution < -0.4 is 5.32 Å². The fourth-order valence-electron chi connectivity index (χ4n) is 1.83. The average Bonchev–Trinajstić information content (AvgIpc) is 2.98. The topological polar surface area (TPSA) is 57.8 Å². The highest BCUT2D eigenvalue weighted by Crippen LogP contribution is 2.16. The van der Waals surface area contributed by atoms with Gasteiger partial charge in [0.25, 0.3) is 0 Å². The molecule has 4 nitrogen and oxygen atoms in total. The number of halogens is 1. The van der Waals surface area contributed by atoms with E-state index in [1.54, 1.807) is 24.5 Å². The van der Waals surface area contributed by atoms with Crippen molar-refractivity contribution in [1.29, 1.82) is 0 Å². The third-order valence-corrected chi connectivity index (χ3v) is 3.24. The Balaban J connectivity index is 2.00. The molecule has 5 heteroatoms. The van der Waals surface area contributed by atoms with Gasteiger partial charge in [0.2, 0.25) is 5.91 Å². The molecule has 0 spiro atoms. The number of nitrogens with zero attached hydrogens (tertiary/aromatic N) is 1. The Morgan fingerprint density at radius 3 is 2.95 bits per heavy atom. The Bertz CT molecular complexity index is 593. The van der Waals surface area contributed by atoms with Crippen molar-refractivity contribution in [3.05, 3.63) is 59.1 Å². The van der Waals surface area contributed by atoms with Crippen LogP contribution in [0.3, 0.4) is 0 Å². The molecule has 0 saturated heterocycles. The number of imidazole rings is 1. The van der Waals surface area contributed by atoms with Crippen molar-refractivity contribution in [1.82, 2.24) is 15.3 Å². The molecule has 1 unspecified atom stereocenters. The van der Waals surface area contributed by atoms with Crippen LogP contribution in [0, 0.1) is 0 Å². The number of H-pyrrole nitrogens is 1. The Labute approximate surface area is 122 Å². The summed E-state index contributed by atoms with van der Waals surface area (Å²) in [4.78, 5) is 19.1. The summed E-state index contributed by atoms with van der Waals surface area (Å²) in [5.74, 6) is 0.583. The van der Waals surface area contributed by atoms with Gasteiger partial charge in [-0.15, -0.1) is 0 Å². The van der Waals surface area contributed by atoms with Gasteiger partial charge >= 0.3 is 0 Å². The first-order valence-electron chi connectivity index (χ1n) is 6.43. The number of hydrogen-bond donors (Lipinski definition) is 2. The van der Waals surface area contributed by atoms with Crippen LogP contribution in [0.1, 0.15) is 30.8 Å². The van der Waals surface area contributed by atoms with Gasteiger partial charge in [-0.1, -0.05) is 36.7 Å². The van der Waals surface area contributed by atoms with E-state index in [-0.39, 0.29) is 11.9 Å². The second kappa shape index (κ2) is 6.91. The first-order chi connectivity index (χ1) is 9.70. The third-order valence-electron chi connectivity index (χ3n) is 2.89. The zero-order valence-electron chi connectivity index (χ0n) is 11.1. The van der Waals surface area contributed by atoms with Gasteiger partial charge in [0.05, 0.1) is 6.04 Å². The number of aromatic nitrogens is 2. The van der Waals surface area contributed by atoms with E-state index in [0.29, 0.717) is 5.02 Å². The van der Waals surface area contributed by atoms with Gasteiger partial charge in [-0.3, -0.25) is 4.79 Å². The Kier molecular flexibility index (Phi) is 4.96. The van der Waals surface area contributed by atoms with Crippen LogP contribution in [0.5, 0.6) is 0 Å². The van der Waals surface area contributed by atoms with Crippen LogP contribution in [0.4, 0.5) is 0 Å². The second-order valence-electron chi connectivity index (χ2n) is 4.30. The van der Waals surface area contributed by atoms with Gasteiger partial charge in [0.15, 0.2) is 0 Å². The van der Waals surface area contributed by atoms with Gasteiger partial charge < -0.3 is 10.3 Å². The highest BCUT2D eigenvalue weighted by Gasteiger charge is 2.12. The zero-order chi connectivity index (χ0) is 14.4. The number of amides is 1. The van der Waals surface area contributed by atoms with E-state index >= 15 is 0 Å². The fraction of sp³-hybridized carbons (Fsp3) is 0.200. The monoisotopic (exact) mass is 289 g/mol. The summed E-state index contributed by atoms with van der Waals surface area (Å²) >= 11 is 6.02. The summed E-state index contributed by atoms with van der Waals surface area (Å²) in [6.07, 6.45) is 7.35. The number of benzene rings is 1. The van der Waals surface area contributed by atoms with Gasteiger partial charge in [-0.2, -0.15) is 0 Å². The molecule has 1 aromatic heterocycles. The summed E-state index contributed by atoms with van der Waals surface area (Å²) in [6.45, 7) is 1.99. The molecule has 0 fully saturated rings. The third kappa shape index (κ3) is 3.71. The molecule has 0 radical (unpaired) electrons. The molecule has 0 bridgehead atoms. The number of carbonyl (C=O) groups excluding carboxylic acids is 1. The molecule has 0 aliphatic heterocycles. The van der Waals surface area contributed by atoms with Crippen LogP contribution in [-0.4, -0.2) is 15.9 Å². The van der Waals surface area contributed by atoms with Crippen molar-refractivity contribution in [3.63, 3.8) is 0 Å². The summed E-state index contributed by atoms with van der Waals surface area (Å²) in [7, 11) is 0. The molecule has 104 valence electrons. The minimum atomic E-state index is -0.173. The highest BCUT2D eigenvalue weighted by molar-refractivity contribution is 6.32. The quantitative estimate of drug-likeness (QED) is 0.829. The van der Waals surface area contributed by atoms with Crippen molar-refractivity contribution < 1.29 is 4.79 Å². The maximum Gasteiger partial charge on any atom is 0.244 e. The lowest BCUT2D eigenvalue weighted by Crippen LogP contribution is -2.27. The van der Waals surface area contributed by atoms with Crippen LogP contribution in [-0.2, 0) is 4.79 Å². The van der Waals surface area contributed by atoms with Crippen LogP contribution in [0.25, 0.3) is 6.08 Å². The lowest BCUT2D eigenvalue weighted by molar-refractivity contribution is -0.117. The number of carbonyl (C=O) groups is 1. The van der Waals surface area contributed by atoms with E-state index in [0.717, 1.165) is 17.8 Å². The van der Waals surface area contributed by atoms with E-state index in [1.165, 1.54) is 6.08 Å². The van der Waals surface area contributed by atoms with E-state index in [9.17, 15) is 4.79 Å². The van der Waals surface area contributed by atoms with Gasteiger partial charge in [0.1, 0.15) is 5.82 Å². The molecule has 2 N–H and O–H groups in total. The predicted octanol–water partition coefficient (Wildman–Crippen LogP) is 3.34. The van der Waals surface area contributed by atoms with Crippen LogP contribution >= 0.6 is 11.6 Å². The Morgan fingerprint density at radius 1 is 1.50 bits per heavy atom. The van der Waals surface area contributed by atoms with Gasteiger partial charge in [0, 0.05) is 23.5 Å². The number of hydrogen-bond acceptors (Lipinski definition) is 2. The standard InChI is InChI=1S/C15H16ClN3O/c1-2-13(15-17-9-10-18-15)19-14(20)8-7-11-5-3-4-6-12(11)16/h3-10,13H,2H2,1H3,(H,17,18)(H,19,20)/b8-7+. The molecule has 2 rings (SSSR count). The van der Waals surface area contributed by atoms with Gasteiger partial charge in [-0.25, -0.2) is 4.98 Å². The molecule has 0 aliphatic rings. The maximum absolute atomic E-state index is 11.9. The van der Waals surface area contributed by atoms with E-state index < -0.39 is 0 Å². The van der Waals surface area contributed by atoms with Crippen molar-refractivity contribution in [3.8, 4) is 0 Å². The van der Waals surface area contributed by atoms with Crippen LogP contribution in [0.2, 0.25) is 5.02 Å². The normalized spacial score (nSPS) is 12.5. The van der Waals surface area contributed by atoms with Crippen molar-refractivity contribution in [2.24, 2.45) is 0 Å². The highest BCUT2D eigenvalue weighted by atomic mass is 35.5. The average molecular weight is 290 g/mol. The smallest absolute Gasteiger partial charge is 0.244 e. The SMILES string of the molecule is CCC(NC(=O)/C=C/c1ccccc1Cl)c1ncc[nH]1. The molecule has 0 aliphatic carbocycles. The Hall–Kier alpha value is -2.07. The fourth-order valence-corrected chi connectivity index (χ4v) is 2.03. The first kappa shape index (κ1) is 14.3. The van der Waals surface area contributed by atoms with E-state index in [4.69, 9.17) is 11.6 Å². The number of rotatable bonds is 5. The summed E-state index contributed by atoms with van der Waals surface area (Å²) in [5, 5.41) is 3.52. The zero-order valence-corrected chi connectivity index (χ0v) is 11.9. The minimum Gasteiger partial charge on any atom is -0.347 e. The Morgan fingerprint density at radius 2 is 2.30 bits per heavy atom. The largest absolute Gasteiger partial charge is 0.347 e. The molecular weight excluding hydrogens is 274 g/mol. The summed E-state index contributed by atoms with van der Waals surface area (Å²) in [6, 6.07) is 7.26. The summed E-state index contributed by atoms with van der Waals surface area (Å²) in [5.41, 5.74) is 0.815. The lowest BCUT2D eigenvalue weighted by Gasteiger charge is -2.12. The van der Waals surface area contributed by atoms with Crippen molar-refractivity contribution in [2.75, 3.05) is 0 Å². The molecule has 0 saturated carbocycles. The van der Waals surface area contributed by atoms with E-state index in [1.807, 2.05) is 25.1 Å². The number of nitrogens with one attached hydrogen (secondary N) is 2. The molecular formula is C15H16ClN3O. The van der Waals surface area contributed by atoms with Crippen LogP contribution in [0.15, 0.2) is 42.7 Å². The minimum absolute atomic E-state index is 0.117. The summed E-state index contributed by atoms with van der Waals surface area (Å²) < 4.78 is 0. The predicted molar refractivity (Wildman–Crippen MR) is 80.2 cm³/mol. The molecule has 1 heterocycles. The van der Waals surface area contributed by atoms with E-state index in [2.05, 4.69) is 15.3 Å². The van der Waals surface area contributed by atoms with Gasteiger partial charge in [-0.05, 0) is 24.1 Å². The molecule has 2 aromatic rings.